The molecule has 0 aliphatic carbocycles. The molecule has 4 heteroatoms. The molecule has 0 spiro atoms. The maximum atomic E-state index is 5.73. The maximum Gasteiger partial charge on any atom is 0.124 e. The summed E-state index contributed by atoms with van der Waals surface area (Å²) in [6.45, 7) is 2.63. The van der Waals surface area contributed by atoms with Crippen LogP contribution in [0.15, 0.2) is 42.0 Å². The minimum atomic E-state index is 0.594. The van der Waals surface area contributed by atoms with E-state index >= 15 is 0 Å². The van der Waals surface area contributed by atoms with E-state index in [1.165, 1.54) is 11.1 Å². The first kappa shape index (κ1) is 12.4. The Hall–Kier alpha value is -1.65. The lowest BCUT2D eigenvalue weighted by Gasteiger charge is -2.14. The Bertz CT molecular complexity index is 546. The van der Waals surface area contributed by atoms with Gasteiger partial charge in [-0.2, -0.15) is 0 Å². The van der Waals surface area contributed by atoms with E-state index < -0.39 is 0 Å². The molecule has 0 saturated carbocycles. The van der Waals surface area contributed by atoms with Gasteiger partial charge < -0.3 is 10.1 Å². The fourth-order valence-corrected chi connectivity index (χ4v) is 2.62. The number of aromatic nitrogens is 1. The summed E-state index contributed by atoms with van der Waals surface area (Å²) in [5.41, 5.74) is 4.55. The van der Waals surface area contributed by atoms with Crippen molar-refractivity contribution in [2.45, 2.75) is 13.0 Å². The molecule has 1 aliphatic heterocycles. The zero-order chi connectivity index (χ0) is 12.9. The molecular weight excluding hydrogens is 256 g/mol. The second-order valence-corrected chi connectivity index (χ2v) is 5.44. The summed E-state index contributed by atoms with van der Waals surface area (Å²) in [7, 11) is 0. The number of hydrogen-bond acceptors (Lipinski definition) is 4. The van der Waals surface area contributed by atoms with Crippen LogP contribution in [0.4, 0.5) is 0 Å². The Labute approximate surface area is 117 Å². The van der Waals surface area contributed by atoms with E-state index in [0.717, 1.165) is 30.1 Å². The van der Waals surface area contributed by atoms with E-state index in [1.807, 2.05) is 23.8 Å². The summed E-state index contributed by atoms with van der Waals surface area (Å²) in [6, 6.07) is 8.36. The number of hydrogen-bond donors (Lipinski definition) is 1. The molecule has 0 radical (unpaired) electrons. The van der Waals surface area contributed by atoms with Gasteiger partial charge in [0.25, 0.3) is 0 Å². The predicted molar refractivity (Wildman–Crippen MR) is 78.4 cm³/mol. The Kier molecular flexibility index (Phi) is 3.91. The molecule has 3 rings (SSSR count). The Morgan fingerprint density at radius 3 is 2.84 bits per heavy atom. The standard InChI is InChI=1S/C15H16N2OS/c1-3-14(18-10-15-9-17-11-19-15)4-2-12(1)13-5-7-16-8-6-13/h1-5,9,11,16H,6-8,10H2. The van der Waals surface area contributed by atoms with E-state index in [9.17, 15) is 0 Å². The first-order valence-corrected chi connectivity index (χ1v) is 7.30. The lowest BCUT2D eigenvalue weighted by Crippen LogP contribution is -2.19. The van der Waals surface area contributed by atoms with Crippen LogP contribution in [0.2, 0.25) is 0 Å². The molecule has 0 atom stereocenters. The van der Waals surface area contributed by atoms with Gasteiger partial charge in [0.15, 0.2) is 0 Å². The second-order valence-electron chi connectivity index (χ2n) is 4.46. The lowest BCUT2D eigenvalue weighted by atomic mass is 10.0. The third-order valence-corrected chi connectivity index (χ3v) is 3.91. The molecule has 2 aromatic rings. The van der Waals surface area contributed by atoms with Crippen molar-refractivity contribution in [1.29, 1.82) is 0 Å². The second kappa shape index (κ2) is 5.99. The van der Waals surface area contributed by atoms with E-state index in [2.05, 4.69) is 28.5 Å². The number of nitrogens with one attached hydrogen (secondary N) is 1. The van der Waals surface area contributed by atoms with Crippen LogP contribution >= 0.6 is 11.3 Å². The lowest BCUT2D eigenvalue weighted by molar-refractivity contribution is 0.309. The average Bonchev–Trinajstić information content (AvgIpc) is 3.00. The van der Waals surface area contributed by atoms with Crippen LogP contribution in [-0.4, -0.2) is 18.1 Å². The molecule has 98 valence electrons. The van der Waals surface area contributed by atoms with Crippen LogP contribution in [0.1, 0.15) is 16.9 Å². The van der Waals surface area contributed by atoms with Gasteiger partial charge in [0.05, 0.1) is 10.4 Å². The molecular formula is C15H16N2OS. The van der Waals surface area contributed by atoms with Gasteiger partial charge in [-0.3, -0.25) is 4.98 Å². The van der Waals surface area contributed by atoms with E-state index in [4.69, 9.17) is 4.74 Å². The summed E-state index contributed by atoms with van der Waals surface area (Å²) in [4.78, 5) is 5.18. The third kappa shape index (κ3) is 3.22. The summed E-state index contributed by atoms with van der Waals surface area (Å²) >= 11 is 1.62. The van der Waals surface area contributed by atoms with Crippen LogP contribution in [0.25, 0.3) is 5.57 Å². The quantitative estimate of drug-likeness (QED) is 0.928. The van der Waals surface area contributed by atoms with E-state index in [0.29, 0.717) is 6.61 Å². The third-order valence-electron chi connectivity index (χ3n) is 3.15. The fraction of sp³-hybridized carbons (Fsp3) is 0.267. The van der Waals surface area contributed by atoms with Crippen molar-refractivity contribution in [2.24, 2.45) is 0 Å². The Morgan fingerprint density at radius 1 is 1.26 bits per heavy atom. The minimum absolute atomic E-state index is 0.594. The highest BCUT2D eigenvalue weighted by Gasteiger charge is 2.05. The van der Waals surface area contributed by atoms with Crippen LogP contribution in [-0.2, 0) is 6.61 Å². The molecule has 0 amide bonds. The summed E-state index contributed by atoms with van der Waals surface area (Å²) in [6.07, 6.45) is 5.20. The van der Waals surface area contributed by atoms with Gasteiger partial charge in [0.1, 0.15) is 12.4 Å². The number of nitrogens with zero attached hydrogens (tertiary/aromatic N) is 1. The molecule has 0 unspecified atom stereocenters. The van der Waals surface area contributed by atoms with E-state index in [1.54, 1.807) is 11.3 Å². The highest BCUT2D eigenvalue weighted by atomic mass is 32.1. The van der Waals surface area contributed by atoms with Crippen molar-refractivity contribution in [3.8, 4) is 5.75 Å². The molecule has 0 bridgehead atoms. The molecule has 2 heterocycles. The van der Waals surface area contributed by atoms with Crippen LogP contribution in [0, 0.1) is 0 Å². The topological polar surface area (TPSA) is 34.1 Å². The van der Waals surface area contributed by atoms with Gasteiger partial charge in [-0.15, -0.1) is 11.3 Å². The number of benzene rings is 1. The van der Waals surface area contributed by atoms with Gasteiger partial charge in [0, 0.05) is 12.7 Å². The highest BCUT2D eigenvalue weighted by Crippen LogP contribution is 2.23. The number of ether oxygens (including phenoxy) is 1. The SMILES string of the molecule is C1=C(c2ccc(OCc3cncs3)cc2)CCNC1. The van der Waals surface area contributed by atoms with Gasteiger partial charge in [-0.05, 0) is 36.2 Å². The van der Waals surface area contributed by atoms with Gasteiger partial charge in [-0.1, -0.05) is 18.2 Å². The number of rotatable bonds is 4. The average molecular weight is 272 g/mol. The molecule has 1 N–H and O–H groups in total. The molecule has 0 fully saturated rings. The van der Waals surface area contributed by atoms with Crippen molar-refractivity contribution in [3.05, 3.63) is 52.5 Å². The van der Waals surface area contributed by atoms with Crippen LogP contribution in [0.3, 0.4) is 0 Å². The smallest absolute Gasteiger partial charge is 0.124 e. The largest absolute Gasteiger partial charge is 0.488 e. The predicted octanol–water partition coefficient (Wildman–Crippen LogP) is 3.10. The minimum Gasteiger partial charge on any atom is -0.488 e. The van der Waals surface area contributed by atoms with Crippen molar-refractivity contribution < 1.29 is 4.74 Å². The normalized spacial score (nSPS) is 15.1. The molecule has 1 aromatic heterocycles. The Morgan fingerprint density at radius 2 is 2.16 bits per heavy atom. The van der Waals surface area contributed by atoms with Crippen molar-refractivity contribution in [2.75, 3.05) is 13.1 Å². The first-order chi connectivity index (χ1) is 9.42. The monoisotopic (exact) mass is 272 g/mol. The summed E-state index contributed by atoms with van der Waals surface area (Å²) in [5.74, 6) is 0.909. The molecule has 1 aromatic carbocycles. The van der Waals surface area contributed by atoms with Crippen LogP contribution < -0.4 is 10.1 Å². The van der Waals surface area contributed by atoms with Gasteiger partial charge >= 0.3 is 0 Å². The fourth-order valence-electron chi connectivity index (χ4n) is 2.12. The molecule has 3 nitrogen and oxygen atoms in total. The van der Waals surface area contributed by atoms with Gasteiger partial charge in [-0.25, -0.2) is 0 Å². The number of thiazole rings is 1. The van der Waals surface area contributed by atoms with Gasteiger partial charge in [0.2, 0.25) is 0 Å². The van der Waals surface area contributed by atoms with Crippen molar-refractivity contribution >= 4 is 16.9 Å². The zero-order valence-electron chi connectivity index (χ0n) is 10.6. The highest BCUT2D eigenvalue weighted by molar-refractivity contribution is 7.09. The Balaban J connectivity index is 1.63. The molecule has 0 saturated heterocycles. The van der Waals surface area contributed by atoms with Crippen molar-refractivity contribution in [1.82, 2.24) is 10.3 Å². The summed E-state index contributed by atoms with van der Waals surface area (Å²) in [5, 5.41) is 3.33. The zero-order valence-corrected chi connectivity index (χ0v) is 11.5. The van der Waals surface area contributed by atoms with E-state index in [-0.39, 0.29) is 0 Å². The molecule has 19 heavy (non-hydrogen) atoms. The molecule has 1 aliphatic rings. The van der Waals surface area contributed by atoms with Crippen LogP contribution in [0.5, 0.6) is 5.75 Å². The summed E-state index contributed by atoms with van der Waals surface area (Å²) < 4.78 is 5.73. The first-order valence-electron chi connectivity index (χ1n) is 6.42. The van der Waals surface area contributed by atoms with Crippen molar-refractivity contribution in [3.63, 3.8) is 0 Å². The maximum absolute atomic E-state index is 5.73.